The second kappa shape index (κ2) is 5.20. The van der Waals surface area contributed by atoms with Gasteiger partial charge < -0.3 is 5.32 Å². The number of rotatable bonds is 5. The van der Waals surface area contributed by atoms with Crippen LogP contribution in [0.25, 0.3) is 0 Å². The topological polar surface area (TPSA) is 12.0 Å². The quantitative estimate of drug-likeness (QED) is 0.835. The van der Waals surface area contributed by atoms with Gasteiger partial charge in [0, 0.05) is 11.6 Å². The Morgan fingerprint density at radius 3 is 2.53 bits per heavy atom. The molecule has 0 aromatic heterocycles. The molecule has 106 valence electrons. The molecule has 1 aromatic rings. The monoisotopic (exact) mass is 267 g/mol. The molecule has 1 N–H and O–H groups in total. The van der Waals surface area contributed by atoms with Gasteiger partial charge in [-0.2, -0.15) is 0 Å². The SMILES string of the molecule is CCCNC(c1c(F)ccc(C)c1F)C1CC1(C)C. The van der Waals surface area contributed by atoms with Gasteiger partial charge in [0.15, 0.2) is 0 Å². The summed E-state index contributed by atoms with van der Waals surface area (Å²) in [5, 5.41) is 3.33. The minimum Gasteiger partial charge on any atom is -0.309 e. The van der Waals surface area contributed by atoms with Gasteiger partial charge in [-0.25, -0.2) is 8.78 Å². The Kier molecular flexibility index (Phi) is 3.95. The average Bonchev–Trinajstić information content (AvgIpc) is 2.97. The van der Waals surface area contributed by atoms with E-state index in [1.165, 1.54) is 12.1 Å². The van der Waals surface area contributed by atoms with Crippen molar-refractivity contribution in [3.05, 3.63) is 34.9 Å². The third-order valence-electron chi connectivity index (χ3n) is 4.24. The second-order valence-electron chi connectivity index (χ2n) is 6.32. The Bertz CT molecular complexity index is 468. The Hall–Kier alpha value is -0.960. The van der Waals surface area contributed by atoms with Crippen LogP contribution >= 0.6 is 0 Å². The van der Waals surface area contributed by atoms with Crippen LogP contribution in [0.4, 0.5) is 8.78 Å². The van der Waals surface area contributed by atoms with Crippen molar-refractivity contribution in [2.75, 3.05) is 6.54 Å². The average molecular weight is 267 g/mol. The molecule has 2 unspecified atom stereocenters. The first-order chi connectivity index (χ1) is 8.88. The highest BCUT2D eigenvalue weighted by Crippen LogP contribution is 2.58. The maximum Gasteiger partial charge on any atom is 0.133 e. The third-order valence-corrected chi connectivity index (χ3v) is 4.24. The summed E-state index contributed by atoms with van der Waals surface area (Å²) in [6, 6.07) is 2.67. The smallest absolute Gasteiger partial charge is 0.133 e. The molecule has 0 radical (unpaired) electrons. The summed E-state index contributed by atoms with van der Waals surface area (Å²) in [4.78, 5) is 0. The second-order valence-corrected chi connectivity index (χ2v) is 6.32. The minimum absolute atomic E-state index is 0.175. The van der Waals surface area contributed by atoms with E-state index < -0.39 is 11.6 Å². The summed E-state index contributed by atoms with van der Waals surface area (Å²) in [6.07, 6.45) is 1.97. The first-order valence-electron chi connectivity index (χ1n) is 7.06. The molecule has 2 rings (SSSR count). The predicted octanol–water partition coefficient (Wildman–Crippen LogP) is 4.36. The number of aryl methyl sites for hydroxylation is 1. The lowest BCUT2D eigenvalue weighted by Crippen LogP contribution is -2.27. The molecule has 0 amide bonds. The maximum atomic E-state index is 14.3. The Balaban J connectivity index is 2.36. The van der Waals surface area contributed by atoms with E-state index in [0.29, 0.717) is 11.5 Å². The lowest BCUT2D eigenvalue weighted by molar-refractivity contribution is 0.386. The van der Waals surface area contributed by atoms with E-state index in [2.05, 4.69) is 26.1 Å². The van der Waals surface area contributed by atoms with Gasteiger partial charge in [0.1, 0.15) is 11.6 Å². The first kappa shape index (κ1) is 14.4. The number of nitrogens with one attached hydrogen (secondary N) is 1. The van der Waals surface area contributed by atoms with Gasteiger partial charge in [-0.15, -0.1) is 0 Å². The maximum absolute atomic E-state index is 14.3. The Morgan fingerprint density at radius 2 is 2.00 bits per heavy atom. The summed E-state index contributed by atoms with van der Waals surface area (Å²) in [5.41, 5.74) is 0.913. The zero-order chi connectivity index (χ0) is 14.2. The summed E-state index contributed by atoms with van der Waals surface area (Å²) < 4.78 is 28.4. The van der Waals surface area contributed by atoms with Gasteiger partial charge in [0.25, 0.3) is 0 Å². The van der Waals surface area contributed by atoms with Crippen LogP contribution in [-0.2, 0) is 0 Å². The lowest BCUT2D eigenvalue weighted by atomic mass is 9.94. The molecule has 0 aliphatic heterocycles. The molecule has 19 heavy (non-hydrogen) atoms. The minimum atomic E-state index is -0.431. The molecular formula is C16H23F2N. The normalized spacial score (nSPS) is 22.3. The third kappa shape index (κ3) is 2.81. The highest BCUT2D eigenvalue weighted by Gasteiger charge is 2.51. The van der Waals surface area contributed by atoms with Gasteiger partial charge in [0.05, 0.1) is 0 Å². The van der Waals surface area contributed by atoms with E-state index in [1.807, 2.05) is 0 Å². The highest BCUT2D eigenvalue weighted by molar-refractivity contribution is 5.31. The molecule has 1 saturated carbocycles. The number of hydrogen-bond acceptors (Lipinski definition) is 1. The summed E-state index contributed by atoms with van der Waals surface area (Å²) >= 11 is 0. The Morgan fingerprint density at radius 1 is 1.37 bits per heavy atom. The predicted molar refractivity (Wildman–Crippen MR) is 74.0 cm³/mol. The molecular weight excluding hydrogens is 244 g/mol. The van der Waals surface area contributed by atoms with Crippen LogP contribution in [0.3, 0.4) is 0 Å². The van der Waals surface area contributed by atoms with Crippen molar-refractivity contribution in [3.8, 4) is 0 Å². The highest BCUT2D eigenvalue weighted by atomic mass is 19.1. The van der Waals surface area contributed by atoms with Crippen molar-refractivity contribution < 1.29 is 8.78 Å². The van der Waals surface area contributed by atoms with Crippen LogP contribution in [0.1, 0.15) is 50.8 Å². The van der Waals surface area contributed by atoms with Crippen molar-refractivity contribution in [3.63, 3.8) is 0 Å². The van der Waals surface area contributed by atoms with Crippen LogP contribution in [0.5, 0.6) is 0 Å². The van der Waals surface area contributed by atoms with E-state index in [1.54, 1.807) is 6.92 Å². The van der Waals surface area contributed by atoms with E-state index in [0.717, 1.165) is 19.4 Å². The molecule has 1 fully saturated rings. The molecule has 2 atom stereocenters. The summed E-state index contributed by atoms with van der Waals surface area (Å²) in [7, 11) is 0. The molecule has 1 aliphatic rings. The molecule has 1 aliphatic carbocycles. The molecule has 0 saturated heterocycles. The van der Waals surface area contributed by atoms with Crippen LogP contribution in [-0.4, -0.2) is 6.54 Å². The zero-order valence-corrected chi connectivity index (χ0v) is 12.2. The van der Waals surface area contributed by atoms with E-state index >= 15 is 0 Å². The van der Waals surface area contributed by atoms with Gasteiger partial charge in [-0.05, 0) is 49.3 Å². The van der Waals surface area contributed by atoms with Crippen LogP contribution in [0.15, 0.2) is 12.1 Å². The van der Waals surface area contributed by atoms with E-state index in [4.69, 9.17) is 0 Å². The van der Waals surface area contributed by atoms with Gasteiger partial charge >= 0.3 is 0 Å². The first-order valence-corrected chi connectivity index (χ1v) is 7.06. The van der Waals surface area contributed by atoms with Crippen LogP contribution in [0.2, 0.25) is 0 Å². The lowest BCUT2D eigenvalue weighted by Gasteiger charge is -2.22. The number of hydrogen-bond donors (Lipinski definition) is 1. The standard InChI is InChI=1S/C16H23F2N/c1-5-8-19-15(11-9-16(11,3)4)13-12(17)7-6-10(2)14(13)18/h6-7,11,15,19H,5,8-9H2,1-4H3. The fraction of sp³-hybridized carbons (Fsp3) is 0.625. The van der Waals surface area contributed by atoms with E-state index in [9.17, 15) is 8.78 Å². The molecule has 1 aromatic carbocycles. The van der Waals surface area contributed by atoms with Crippen molar-refractivity contribution >= 4 is 0 Å². The number of halogens is 2. The van der Waals surface area contributed by atoms with Crippen molar-refractivity contribution in [1.29, 1.82) is 0 Å². The molecule has 3 heteroatoms. The van der Waals surface area contributed by atoms with Gasteiger partial charge in [0.2, 0.25) is 0 Å². The van der Waals surface area contributed by atoms with E-state index in [-0.39, 0.29) is 17.0 Å². The zero-order valence-electron chi connectivity index (χ0n) is 12.2. The summed E-state index contributed by atoms with van der Waals surface area (Å²) in [5.74, 6) is -0.513. The van der Waals surface area contributed by atoms with Crippen LogP contribution in [0, 0.1) is 29.9 Å². The molecule has 0 bridgehead atoms. The Labute approximate surface area is 114 Å². The molecule has 0 heterocycles. The summed E-state index contributed by atoms with van der Waals surface area (Å²) in [6.45, 7) is 8.84. The molecule has 0 spiro atoms. The van der Waals surface area contributed by atoms with Crippen molar-refractivity contribution in [2.24, 2.45) is 11.3 Å². The number of benzene rings is 1. The van der Waals surface area contributed by atoms with Crippen molar-refractivity contribution in [1.82, 2.24) is 5.32 Å². The largest absolute Gasteiger partial charge is 0.309 e. The van der Waals surface area contributed by atoms with Gasteiger partial charge in [-0.3, -0.25) is 0 Å². The van der Waals surface area contributed by atoms with Crippen molar-refractivity contribution in [2.45, 2.75) is 46.6 Å². The molecule has 1 nitrogen and oxygen atoms in total. The fourth-order valence-corrected chi connectivity index (χ4v) is 2.79. The van der Waals surface area contributed by atoms with Crippen LogP contribution < -0.4 is 5.32 Å². The fourth-order valence-electron chi connectivity index (χ4n) is 2.79. The van der Waals surface area contributed by atoms with Gasteiger partial charge in [-0.1, -0.05) is 26.8 Å².